The van der Waals surface area contributed by atoms with Crippen LogP contribution in [0.3, 0.4) is 0 Å². The van der Waals surface area contributed by atoms with E-state index in [2.05, 4.69) is 58.8 Å². The molecule has 0 atom stereocenters. The number of amides is 1. The third-order valence-electron chi connectivity index (χ3n) is 4.87. The van der Waals surface area contributed by atoms with Crippen LogP contribution in [0.2, 0.25) is 0 Å². The molecule has 29 heavy (non-hydrogen) atoms. The summed E-state index contributed by atoms with van der Waals surface area (Å²) in [4.78, 5) is 12.4. The Morgan fingerprint density at radius 1 is 1.03 bits per heavy atom. The summed E-state index contributed by atoms with van der Waals surface area (Å²) in [5, 5.41) is 13.4. The van der Waals surface area contributed by atoms with Crippen LogP contribution in [0.5, 0.6) is 0 Å². The van der Waals surface area contributed by atoms with Gasteiger partial charge in [0.15, 0.2) is 0 Å². The second-order valence-electron chi connectivity index (χ2n) is 7.21. The quantitative estimate of drug-likeness (QED) is 0.372. The van der Waals surface area contributed by atoms with E-state index in [0.29, 0.717) is 11.6 Å². The molecule has 5 nitrogen and oxygen atoms in total. The van der Waals surface area contributed by atoms with Crippen LogP contribution in [0.15, 0.2) is 77.9 Å². The SMILES string of the molecule is CC(C)c1ccc(C=NNC(=O)c2cc(-c3cccc4ccccc34)n[nH]2)cc1. The number of benzene rings is 3. The number of hydrogen-bond acceptors (Lipinski definition) is 3. The van der Waals surface area contributed by atoms with Crippen LogP contribution < -0.4 is 5.43 Å². The van der Waals surface area contributed by atoms with Crippen molar-refractivity contribution in [3.8, 4) is 11.3 Å². The van der Waals surface area contributed by atoms with E-state index in [1.807, 2.05) is 42.5 Å². The first-order valence-electron chi connectivity index (χ1n) is 9.59. The zero-order valence-electron chi connectivity index (χ0n) is 16.4. The fourth-order valence-electron chi connectivity index (χ4n) is 3.22. The summed E-state index contributed by atoms with van der Waals surface area (Å²) in [7, 11) is 0. The smallest absolute Gasteiger partial charge is 0.272 e. The number of hydrazone groups is 1. The molecule has 0 saturated heterocycles. The predicted octanol–water partition coefficient (Wildman–Crippen LogP) is 5.12. The van der Waals surface area contributed by atoms with Crippen molar-refractivity contribution in [3.63, 3.8) is 0 Å². The van der Waals surface area contributed by atoms with Crippen LogP contribution in [0.4, 0.5) is 0 Å². The largest absolute Gasteiger partial charge is 0.289 e. The summed E-state index contributed by atoms with van der Waals surface area (Å²) in [5.74, 6) is 0.149. The normalized spacial score (nSPS) is 11.4. The molecule has 1 aromatic heterocycles. The van der Waals surface area contributed by atoms with Crippen molar-refractivity contribution in [1.82, 2.24) is 15.6 Å². The molecule has 144 valence electrons. The standard InChI is InChI=1S/C24H22N4O/c1-16(2)18-12-10-17(11-13-18)15-25-28-24(29)23-14-22(26-27-23)21-9-5-7-19-6-3-4-8-20(19)21/h3-16H,1-2H3,(H,26,27)(H,28,29). The summed E-state index contributed by atoms with van der Waals surface area (Å²) in [6.45, 7) is 4.31. The maximum absolute atomic E-state index is 12.4. The highest BCUT2D eigenvalue weighted by molar-refractivity contribution is 5.98. The Kier molecular flexibility index (Phi) is 5.20. The second kappa shape index (κ2) is 8.10. The topological polar surface area (TPSA) is 70.1 Å². The molecule has 0 saturated carbocycles. The Balaban J connectivity index is 1.47. The molecule has 0 aliphatic carbocycles. The Hall–Kier alpha value is -3.73. The van der Waals surface area contributed by atoms with E-state index >= 15 is 0 Å². The van der Waals surface area contributed by atoms with Crippen molar-refractivity contribution in [3.05, 3.63) is 89.6 Å². The van der Waals surface area contributed by atoms with Crippen LogP contribution in [0.25, 0.3) is 22.0 Å². The zero-order chi connectivity index (χ0) is 20.2. The van der Waals surface area contributed by atoms with Crippen LogP contribution in [-0.4, -0.2) is 22.3 Å². The first-order valence-corrected chi connectivity index (χ1v) is 9.59. The van der Waals surface area contributed by atoms with Gasteiger partial charge >= 0.3 is 0 Å². The molecule has 4 rings (SSSR count). The van der Waals surface area contributed by atoms with Gasteiger partial charge < -0.3 is 0 Å². The summed E-state index contributed by atoms with van der Waals surface area (Å²) in [6.07, 6.45) is 1.63. The number of aromatic nitrogens is 2. The fraction of sp³-hybridized carbons (Fsp3) is 0.125. The summed E-state index contributed by atoms with van der Waals surface area (Å²) < 4.78 is 0. The van der Waals surface area contributed by atoms with Gasteiger partial charge in [-0.1, -0.05) is 80.6 Å². The maximum atomic E-state index is 12.4. The Bertz CT molecular complexity index is 1170. The van der Waals surface area contributed by atoms with Crippen molar-refractivity contribution in [2.24, 2.45) is 5.10 Å². The van der Waals surface area contributed by atoms with Gasteiger partial charge in [0.2, 0.25) is 0 Å². The lowest BCUT2D eigenvalue weighted by atomic mass is 10.0. The molecule has 0 aliphatic rings. The van der Waals surface area contributed by atoms with E-state index in [4.69, 9.17) is 0 Å². The van der Waals surface area contributed by atoms with Gasteiger partial charge in [-0.25, -0.2) is 5.43 Å². The molecule has 4 aromatic rings. The Morgan fingerprint density at radius 2 is 1.79 bits per heavy atom. The molecule has 3 aromatic carbocycles. The summed E-state index contributed by atoms with van der Waals surface area (Å²) in [6, 6.07) is 24.0. The minimum absolute atomic E-state index is 0.334. The molecule has 1 amide bonds. The number of carbonyl (C=O) groups excluding carboxylic acids is 1. The molecule has 0 aliphatic heterocycles. The van der Waals surface area contributed by atoms with Crippen molar-refractivity contribution in [2.75, 3.05) is 0 Å². The Morgan fingerprint density at radius 3 is 2.59 bits per heavy atom. The van der Waals surface area contributed by atoms with E-state index in [9.17, 15) is 4.79 Å². The molecule has 0 unspecified atom stereocenters. The lowest BCUT2D eigenvalue weighted by Gasteiger charge is -2.04. The van der Waals surface area contributed by atoms with Crippen LogP contribution in [0.1, 0.15) is 41.4 Å². The monoisotopic (exact) mass is 382 g/mol. The fourth-order valence-corrected chi connectivity index (χ4v) is 3.22. The lowest BCUT2D eigenvalue weighted by Crippen LogP contribution is -2.18. The number of aromatic amines is 1. The minimum atomic E-state index is -0.334. The highest BCUT2D eigenvalue weighted by atomic mass is 16.2. The molecule has 0 bridgehead atoms. The van der Waals surface area contributed by atoms with Crippen LogP contribution in [0, 0.1) is 0 Å². The van der Waals surface area contributed by atoms with Gasteiger partial charge in [-0.05, 0) is 33.9 Å². The first kappa shape index (κ1) is 18.6. The molecule has 0 spiro atoms. The van der Waals surface area contributed by atoms with Gasteiger partial charge in [-0.3, -0.25) is 9.89 Å². The lowest BCUT2D eigenvalue weighted by molar-refractivity contribution is 0.0950. The van der Waals surface area contributed by atoms with E-state index in [-0.39, 0.29) is 5.91 Å². The third kappa shape index (κ3) is 4.09. The highest BCUT2D eigenvalue weighted by Gasteiger charge is 2.12. The van der Waals surface area contributed by atoms with E-state index < -0.39 is 0 Å². The van der Waals surface area contributed by atoms with Gasteiger partial charge in [0.05, 0.1) is 11.9 Å². The van der Waals surface area contributed by atoms with Gasteiger partial charge in [-0.2, -0.15) is 10.2 Å². The number of H-pyrrole nitrogens is 1. The van der Waals surface area contributed by atoms with Crippen molar-refractivity contribution in [1.29, 1.82) is 0 Å². The molecule has 2 N–H and O–H groups in total. The second-order valence-corrected chi connectivity index (χ2v) is 7.21. The van der Waals surface area contributed by atoms with E-state index in [0.717, 1.165) is 27.6 Å². The minimum Gasteiger partial charge on any atom is -0.272 e. The van der Waals surface area contributed by atoms with Gasteiger partial charge in [0, 0.05) is 5.56 Å². The molecular formula is C24H22N4O. The molecule has 5 heteroatoms. The third-order valence-corrected chi connectivity index (χ3v) is 4.87. The highest BCUT2D eigenvalue weighted by Crippen LogP contribution is 2.27. The average Bonchev–Trinajstić information content (AvgIpc) is 3.24. The number of carbonyl (C=O) groups is 1. The summed E-state index contributed by atoms with van der Waals surface area (Å²) in [5.41, 5.74) is 6.80. The maximum Gasteiger partial charge on any atom is 0.289 e. The van der Waals surface area contributed by atoms with Crippen molar-refractivity contribution >= 4 is 22.9 Å². The molecular weight excluding hydrogens is 360 g/mol. The van der Waals surface area contributed by atoms with Crippen molar-refractivity contribution in [2.45, 2.75) is 19.8 Å². The predicted molar refractivity (Wildman–Crippen MR) is 117 cm³/mol. The van der Waals surface area contributed by atoms with Crippen LogP contribution >= 0.6 is 0 Å². The van der Waals surface area contributed by atoms with E-state index in [1.54, 1.807) is 12.3 Å². The molecule has 0 radical (unpaired) electrons. The number of fused-ring (bicyclic) bond motifs is 1. The number of hydrogen-bond donors (Lipinski definition) is 2. The Labute approximate surface area is 169 Å². The van der Waals surface area contributed by atoms with Gasteiger partial charge in [0.25, 0.3) is 5.91 Å². The van der Waals surface area contributed by atoms with Crippen LogP contribution in [-0.2, 0) is 0 Å². The van der Waals surface area contributed by atoms with Crippen molar-refractivity contribution < 1.29 is 4.79 Å². The number of rotatable bonds is 5. The van der Waals surface area contributed by atoms with Gasteiger partial charge in [-0.15, -0.1) is 0 Å². The zero-order valence-corrected chi connectivity index (χ0v) is 16.4. The summed E-state index contributed by atoms with van der Waals surface area (Å²) >= 11 is 0. The number of nitrogens with zero attached hydrogens (tertiary/aromatic N) is 2. The van der Waals surface area contributed by atoms with Gasteiger partial charge in [0.1, 0.15) is 5.69 Å². The first-order chi connectivity index (χ1) is 14.1. The molecule has 1 heterocycles. The molecule has 0 fully saturated rings. The number of nitrogens with one attached hydrogen (secondary N) is 2. The average molecular weight is 382 g/mol. The van der Waals surface area contributed by atoms with E-state index in [1.165, 1.54) is 5.56 Å².